The first-order chi connectivity index (χ1) is 9.52. The summed E-state index contributed by atoms with van der Waals surface area (Å²) in [4.78, 5) is 12.4. The molecule has 0 radical (unpaired) electrons. The van der Waals surface area contributed by atoms with E-state index in [1.807, 2.05) is 13.0 Å². The maximum Gasteiger partial charge on any atom is 0.196 e. The number of hydrogen-bond acceptors (Lipinski definition) is 2. The molecule has 104 valence electrons. The number of ether oxygens (including phenoxy) is 1. The van der Waals surface area contributed by atoms with Crippen LogP contribution in [0.2, 0.25) is 0 Å². The van der Waals surface area contributed by atoms with E-state index in [0.29, 0.717) is 23.5 Å². The van der Waals surface area contributed by atoms with Gasteiger partial charge in [-0.3, -0.25) is 4.79 Å². The van der Waals surface area contributed by atoms with Crippen LogP contribution in [-0.4, -0.2) is 12.4 Å². The fourth-order valence-electron chi connectivity index (χ4n) is 2.22. The molecule has 2 nitrogen and oxygen atoms in total. The van der Waals surface area contributed by atoms with Crippen LogP contribution in [0.25, 0.3) is 0 Å². The SMILES string of the molecule is CCOc1ccc(C(=O)c2c(C)cc(C)cc2F)cc1. The molecule has 0 saturated heterocycles. The first kappa shape index (κ1) is 14.3. The van der Waals surface area contributed by atoms with Gasteiger partial charge in [0, 0.05) is 5.56 Å². The van der Waals surface area contributed by atoms with Crippen LogP contribution >= 0.6 is 0 Å². The normalized spacial score (nSPS) is 10.4. The smallest absolute Gasteiger partial charge is 0.196 e. The third kappa shape index (κ3) is 2.87. The first-order valence-electron chi connectivity index (χ1n) is 6.57. The molecule has 3 heteroatoms. The van der Waals surface area contributed by atoms with Crippen molar-refractivity contribution in [3.05, 3.63) is 64.5 Å². The fraction of sp³-hybridized carbons (Fsp3) is 0.235. The lowest BCUT2D eigenvalue weighted by atomic mass is 9.97. The van der Waals surface area contributed by atoms with Crippen molar-refractivity contribution >= 4 is 5.78 Å². The molecule has 0 fully saturated rings. The molecule has 0 amide bonds. The fourth-order valence-corrected chi connectivity index (χ4v) is 2.22. The van der Waals surface area contributed by atoms with Gasteiger partial charge in [0.05, 0.1) is 12.2 Å². The zero-order valence-electron chi connectivity index (χ0n) is 11.9. The maximum atomic E-state index is 14.0. The minimum atomic E-state index is -0.471. The molecule has 0 atom stereocenters. The minimum absolute atomic E-state index is 0.139. The van der Waals surface area contributed by atoms with Crippen molar-refractivity contribution in [3.63, 3.8) is 0 Å². The Hall–Kier alpha value is -2.16. The number of aryl methyl sites for hydroxylation is 2. The van der Waals surface area contributed by atoms with Gasteiger partial charge in [0.1, 0.15) is 11.6 Å². The molecule has 2 aromatic rings. The van der Waals surface area contributed by atoms with E-state index >= 15 is 0 Å². The van der Waals surface area contributed by atoms with E-state index in [0.717, 1.165) is 5.56 Å². The molecule has 2 rings (SSSR count). The third-order valence-corrected chi connectivity index (χ3v) is 3.09. The Morgan fingerprint density at radius 3 is 2.35 bits per heavy atom. The van der Waals surface area contributed by atoms with Gasteiger partial charge in [0.15, 0.2) is 5.78 Å². The van der Waals surface area contributed by atoms with Crippen LogP contribution in [0.5, 0.6) is 5.75 Å². The van der Waals surface area contributed by atoms with Crippen LogP contribution in [0.15, 0.2) is 36.4 Å². The highest BCUT2D eigenvalue weighted by molar-refractivity contribution is 6.10. The van der Waals surface area contributed by atoms with Crippen LogP contribution in [0.1, 0.15) is 34.0 Å². The molecule has 0 saturated carbocycles. The quantitative estimate of drug-likeness (QED) is 0.784. The van der Waals surface area contributed by atoms with E-state index in [1.54, 1.807) is 38.1 Å². The number of benzene rings is 2. The van der Waals surface area contributed by atoms with Crippen LogP contribution in [0.4, 0.5) is 4.39 Å². The summed E-state index contributed by atoms with van der Waals surface area (Å²) in [6.07, 6.45) is 0. The summed E-state index contributed by atoms with van der Waals surface area (Å²) in [6, 6.07) is 9.95. The molecule has 0 aliphatic carbocycles. The monoisotopic (exact) mass is 272 g/mol. The van der Waals surface area contributed by atoms with Gasteiger partial charge >= 0.3 is 0 Å². The Kier molecular flexibility index (Phi) is 4.18. The molecule has 0 heterocycles. The summed E-state index contributed by atoms with van der Waals surface area (Å²) in [5, 5.41) is 0. The number of halogens is 1. The number of carbonyl (C=O) groups excluding carboxylic acids is 1. The molecule has 0 aliphatic heterocycles. The summed E-state index contributed by atoms with van der Waals surface area (Å²) in [5.74, 6) is -0.0745. The molecule has 0 aliphatic rings. The summed E-state index contributed by atoms with van der Waals surface area (Å²) in [5.41, 5.74) is 2.06. The van der Waals surface area contributed by atoms with Crippen molar-refractivity contribution in [2.45, 2.75) is 20.8 Å². The lowest BCUT2D eigenvalue weighted by Crippen LogP contribution is -2.07. The summed E-state index contributed by atoms with van der Waals surface area (Å²) >= 11 is 0. The van der Waals surface area contributed by atoms with Crippen LogP contribution in [0, 0.1) is 19.7 Å². The topological polar surface area (TPSA) is 26.3 Å². The summed E-state index contributed by atoms with van der Waals surface area (Å²) in [6.45, 7) is 6.02. The van der Waals surface area contributed by atoms with Gasteiger partial charge in [-0.05, 0) is 62.2 Å². The maximum absolute atomic E-state index is 14.0. The van der Waals surface area contributed by atoms with E-state index in [9.17, 15) is 9.18 Å². The Labute approximate surface area is 118 Å². The van der Waals surface area contributed by atoms with Gasteiger partial charge in [0.2, 0.25) is 0 Å². The Morgan fingerprint density at radius 2 is 1.80 bits per heavy atom. The van der Waals surface area contributed by atoms with E-state index in [2.05, 4.69) is 0 Å². The predicted octanol–water partition coefficient (Wildman–Crippen LogP) is 4.07. The predicted molar refractivity (Wildman–Crippen MR) is 76.9 cm³/mol. The average Bonchev–Trinajstić information content (AvgIpc) is 2.38. The van der Waals surface area contributed by atoms with Gasteiger partial charge in [0.25, 0.3) is 0 Å². The van der Waals surface area contributed by atoms with Crippen LogP contribution < -0.4 is 4.74 Å². The zero-order valence-corrected chi connectivity index (χ0v) is 11.9. The summed E-state index contributed by atoms with van der Waals surface area (Å²) < 4.78 is 19.3. The highest BCUT2D eigenvalue weighted by atomic mass is 19.1. The molecule has 0 N–H and O–H groups in total. The standard InChI is InChI=1S/C17H17FO2/c1-4-20-14-7-5-13(6-8-14)17(19)16-12(3)9-11(2)10-15(16)18/h5-10H,4H2,1-3H3. The molecule has 2 aromatic carbocycles. The van der Waals surface area contributed by atoms with Gasteiger partial charge in [-0.25, -0.2) is 4.39 Å². The molecule has 0 unspecified atom stereocenters. The van der Waals surface area contributed by atoms with Crippen molar-refractivity contribution in [1.29, 1.82) is 0 Å². The third-order valence-electron chi connectivity index (χ3n) is 3.09. The molecule has 20 heavy (non-hydrogen) atoms. The summed E-state index contributed by atoms with van der Waals surface area (Å²) in [7, 11) is 0. The van der Waals surface area contributed by atoms with E-state index < -0.39 is 5.82 Å². The van der Waals surface area contributed by atoms with Crippen LogP contribution in [0.3, 0.4) is 0 Å². The second-order valence-corrected chi connectivity index (χ2v) is 4.73. The average molecular weight is 272 g/mol. The number of rotatable bonds is 4. The van der Waals surface area contributed by atoms with E-state index in [-0.39, 0.29) is 11.3 Å². The number of hydrogen-bond donors (Lipinski definition) is 0. The lowest BCUT2D eigenvalue weighted by molar-refractivity contribution is 0.103. The highest BCUT2D eigenvalue weighted by Gasteiger charge is 2.17. The second kappa shape index (κ2) is 5.87. The van der Waals surface area contributed by atoms with Gasteiger partial charge in [-0.1, -0.05) is 6.07 Å². The van der Waals surface area contributed by atoms with Crippen molar-refractivity contribution in [2.24, 2.45) is 0 Å². The molecule has 0 bridgehead atoms. The molecular weight excluding hydrogens is 255 g/mol. The van der Waals surface area contributed by atoms with E-state index in [4.69, 9.17) is 4.74 Å². The van der Waals surface area contributed by atoms with Gasteiger partial charge in [-0.15, -0.1) is 0 Å². The van der Waals surface area contributed by atoms with Crippen molar-refractivity contribution in [3.8, 4) is 5.75 Å². The van der Waals surface area contributed by atoms with Crippen LogP contribution in [-0.2, 0) is 0 Å². The largest absolute Gasteiger partial charge is 0.494 e. The minimum Gasteiger partial charge on any atom is -0.494 e. The molecular formula is C17H17FO2. The molecule has 0 spiro atoms. The zero-order chi connectivity index (χ0) is 14.7. The van der Waals surface area contributed by atoms with E-state index in [1.165, 1.54) is 6.07 Å². The lowest BCUT2D eigenvalue weighted by Gasteiger charge is -2.09. The highest BCUT2D eigenvalue weighted by Crippen LogP contribution is 2.21. The molecule has 0 aromatic heterocycles. The second-order valence-electron chi connectivity index (χ2n) is 4.73. The Balaban J connectivity index is 2.36. The van der Waals surface area contributed by atoms with Crippen molar-refractivity contribution in [1.82, 2.24) is 0 Å². The Bertz CT molecular complexity index is 607. The van der Waals surface area contributed by atoms with Gasteiger partial charge in [-0.2, -0.15) is 0 Å². The van der Waals surface area contributed by atoms with Gasteiger partial charge < -0.3 is 4.74 Å². The number of ketones is 1. The Morgan fingerprint density at radius 1 is 1.15 bits per heavy atom. The van der Waals surface area contributed by atoms with Crippen molar-refractivity contribution in [2.75, 3.05) is 6.61 Å². The number of carbonyl (C=O) groups is 1. The van der Waals surface area contributed by atoms with Crippen molar-refractivity contribution < 1.29 is 13.9 Å². The first-order valence-corrected chi connectivity index (χ1v) is 6.57.